The highest BCUT2D eigenvalue weighted by atomic mass is 14.6. The minimum Gasteiger partial charge on any atom is -0.264 e. The molecule has 1 heterocycles. The van der Waals surface area contributed by atoms with Crippen LogP contribution >= 0.6 is 0 Å². The Morgan fingerprint density at radius 1 is 1.07 bits per heavy atom. The maximum Gasteiger partial charge on any atom is 0.0346 e. The summed E-state index contributed by atoms with van der Waals surface area (Å²) in [7, 11) is 0. The highest BCUT2D eigenvalue weighted by molar-refractivity contribution is 5.86. The second-order valence-corrected chi connectivity index (χ2v) is 3.65. The van der Waals surface area contributed by atoms with Crippen molar-refractivity contribution >= 4 is 10.8 Å². The van der Waals surface area contributed by atoms with Gasteiger partial charge in [0, 0.05) is 17.8 Å². The normalized spacial score (nSPS) is 13.2. The maximum absolute atomic E-state index is 4.14. The zero-order chi connectivity index (χ0) is 10.7. The van der Waals surface area contributed by atoms with Crippen LogP contribution in [-0.4, -0.2) is 4.98 Å². The van der Waals surface area contributed by atoms with Gasteiger partial charge in [-0.2, -0.15) is 0 Å². The zero-order valence-electron chi connectivity index (χ0n) is 9.46. The van der Waals surface area contributed by atoms with Crippen molar-refractivity contribution in [1.82, 2.24) is 4.98 Å². The predicted molar refractivity (Wildman–Crippen MR) is 65.1 cm³/mol. The summed E-state index contributed by atoms with van der Waals surface area (Å²) in [5.74, 6) is 0. The van der Waals surface area contributed by atoms with Gasteiger partial charge in [-0.1, -0.05) is 26.0 Å². The smallest absolute Gasteiger partial charge is 0.0346 e. The van der Waals surface area contributed by atoms with Crippen molar-refractivity contribution in [2.75, 3.05) is 0 Å². The molecule has 0 unspecified atom stereocenters. The van der Waals surface area contributed by atoms with Crippen LogP contribution in [0, 0.1) is 0 Å². The lowest BCUT2D eigenvalue weighted by Gasteiger charge is -2.03. The average molecular weight is 199 g/mol. The fraction of sp³-hybridized carbons (Fsp3) is 0.357. The highest BCUT2D eigenvalue weighted by Crippen LogP contribution is 2.28. The van der Waals surface area contributed by atoms with Gasteiger partial charge in [0.1, 0.15) is 0 Å². The van der Waals surface area contributed by atoms with E-state index in [1.165, 1.54) is 30.0 Å². The van der Waals surface area contributed by atoms with Gasteiger partial charge in [-0.3, -0.25) is 4.98 Å². The van der Waals surface area contributed by atoms with Crippen LogP contribution in [0.3, 0.4) is 0 Å². The second-order valence-electron chi connectivity index (χ2n) is 3.65. The Morgan fingerprint density at radius 2 is 1.93 bits per heavy atom. The minimum absolute atomic E-state index is 1.25. The van der Waals surface area contributed by atoms with E-state index < -0.39 is 0 Å². The van der Waals surface area contributed by atoms with E-state index in [-0.39, 0.29) is 0 Å². The van der Waals surface area contributed by atoms with Crippen molar-refractivity contribution in [3.8, 4) is 0 Å². The van der Waals surface area contributed by atoms with Crippen molar-refractivity contribution in [2.45, 2.75) is 33.1 Å². The predicted octanol–water partition coefficient (Wildman–Crippen LogP) is 3.75. The van der Waals surface area contributed by atoms with E-state index in [1.807, 2.05) is 26.2 Å². The zero-order valence-corrected chi connectivity index (χ0v) is 9.46. The van der Waals surface area contributed by atoms with Crippen LogP contribution in [0.1, 0.15) is 31.4 Å². The lowest BCUT2D eigenvalue weighted by Crippen LogP contribution is -1.85. The van der Waals surface area contributed by atoms with Gasteiger partial charge in [0.25, 0.3) is 0 Å². The Balaban J connectivity index is 0.000000404. The molecule has 0 amide bonds. The van der Waals surface area contributed by atoms with Crippen LogP contribution in [0.5, 0.6) is 0 Å². The van der Waals surface area contributed by atoms with E-state index >= 15 is 0 Å². The largest absolute Gasteiger partial charge is 0.264 e. The Bertz CT molecular complexity index is 460. The number of pyridine rings is 1. The number of hydrogen-bond donors (Lipinski definition) is 0. The van der Waals surface area contributed by atoms with E-state index in [0.29, 0.717) is 0 Å². The van der Waals surface area contributed by atoms with Gasteiger partial charge >= 0.3 is 0 Å². The molecule has 0 bridgehead atoms. The van der Waals surface area contributed by atoms with Gasteiger partial charge in [0.05, 0.1) is 0 Å². The summed E-state index contributed by atoms with van der Waals surface area (Å²) < 4.78 is 0. The van der Waals surface area contributed by atoms with Crippen molar-refractivity contribution in [3.63, 3.8) is 0 Å². The van der Waals surface area contributed by atoms with Gasteiger partial charge < -0.3 is 0 Å². The van der Waals surface area contributed by atoms with Crippen LogP contribution in [0.4, 0.5) is 0 Å². The minimum atomic E-state index is 1.25. The molecule has 1 nitrogen and oxygen atoms in total. The monoisotopic (exact) mass is 199 g/mol. The Labute approximate surface area is 91.2 Å². The van der Waals surface area contributed by atoms with E-state index in [4.69, 9.17) is 0 Å². The number of rotatable bonds is 0. The van der Waals surface area contributed by atoms with Crippen LogP contribution in [0.15, 0.2) is 30.6 Å². The molecule has 2 aromatic rings. The van der Waals surface area contributed by atoms with Gasteiger partial charge in [0.2, 0.25) is 0 Å². The molecule has 78 valence electrons. The molecule has 1 heteroatoms. The van der Waals surface area contributed by atoms with Gasteiger partial charge in [-0.05, 0) is 41.8 Å². The molecule has 0 saturated heterocycles. The Hall–Kier alpha value is -1.37. The van der Waals surface area contributed by atoms with Gasteiger partial charge in [0.15, 0.2) is 0 Å². The molecule has 0 saturated carbocycles. The molecule has 0 radical (unpaired) electrons. The first-order valence-electron chi connectivity index (χ1n) is 5.79. The number of fused-ring (bicyclic) bond motifs is 3. The topological polar surface area (TPSA) is 12.9 Å². The highest BCUT2D eigenvalue weighted by Gasteiger charge is 2.12. The van der Waals surface area contributed by atoms with Gasteiger partial charge in [-0.15, -0.1) is 0 Å². The maximum atomic E-state index is 4.14. The summed E-state index contributed by atoms with van der Waals surface area (Å²) in [5.41, 5.74) is 3.10. The number of hydrogen-bond acceptors (Lipinski definition) is 1. The third kappa shape index (κ3) is 1.74. The molecule has 1 aliphatic carbocycles. The molecule has 1 aromatic carbocycles. The average Bonchev–Trinajstić information content (AvgIpc) is 2.80. The van der Waals surface area contributed by atoms with Crippen LogP contribution in [0.25, 0.3) is 10.8 Å². The number of aromatic nitrogens is 1. The van der Waals surface area contributed by atoms with E-state index in [2.05, 4.69) is 23.2 Å². The molecular formula is C14H17N. The van der Waals surface area contributed by atoms with Gasteiger partial charge in [-0.25, -0.2) is 0 Å². The second kappa shape index (κ2) is 4.43. The lowest BCUT2D eigenvalue weighted by atomic mass is 10.0. The first kappa shape index (κ1) is 10.2. The van der Waals surface area contributed by atoms with E-state index in [9.17, 15) is 0 Å². The van der Waals surface area contributed by atoms with Crippen LogP contribution < -0.4 is 0 Å². The Kier molecular flexibility index (Phi) is 3.00. The molecule has 15 heavy (non-hydrogen) atoms. The van der Waals surface area contributed by atoms with E-state index in [0.717, 1.165) is 0 Å². The quantitative estimate of drug-likeness (QED) is 0.629. The number of benzene rings is 1. The summed E-state index contributed by atoms with van der Waals surface area (Å²) in [6.45, 7) is 4.00. The van der Waals surface area contributed by atoms with Crippen molar-refractivity contribution < 1.29 is 0 Å². The Morgan fingerprint density at radius 3 is 2.80 bits per heavy atom. The first-order valence-corrected chi connectivity index (χ1v) is 5.79. The summed E-state index contributed by atoms with van der Waals surface area (Å²) in [6.07, 6.45) is 7.66. The summed E-state index contributed by atoms with van der Waals surface area (Å²) in [6, 6.07) is 6.58. The number of aryl methyl sites for hydroxylation is 2. The molecule has 0 spiro atoms. The fourth-order valence-electron chi connectivity index (χ4n) is 2.26. The third-order valence-corrected chi connectivity index (χ3v) is 2.90. The van der Waals surface area contributed by atoms with E-state index in [1.54, 1.807) is 11.1 Å². The molecule has 1 aromatic heterocycles. The molecule has 0 N–H and O–H groups in total. The van der Waals surface area contributed by atoms with Crippen molar-refractivity contribution in [2.24, 2.45) is 0 Å². The summed E-state index contributed by atoms with van der Waals surface area (Å²) in [5, 5.41) is 2.69. The fourth-order valence-corrected chi connectivity index (χ4v) is 2.26. The van der Waals surface area contributed by atoms with Crippen molar-refractivity contribution in [3.05, 3.63) is 41.7 Å². The first-order chi connectivity index (χ1) is 7.45. The molecule has 3 rings (SSSR count). The molecule has 0 fully saturated rings. The standard InChI is InChI=1S/C12H11N.C2H6/c1-2-9-4-5-10-8-13-7-6-12(10)11(9)3-1;1-2/h4-8H,1-3H2;1-2H3. The molecule has 0 aliphatic heterocycles. The van der Waals surface area contributed by atoms with Crippen LogP contribution in [0.2, 0.25) is 0 Å². The SMILES string of the molecule is CC.c1cc2c3c(ccc2cn1)CCC3. The summed E-state index contributed by atoms with van der Waals surface area (Å²) in [4.78, 5) is 4.14. The molecular weight excluding hydrogens is 182 g/mol. The van der Waals surface area contributed by atoms with Crippen molar-refractivity contribution in [1.29, 1.82) is 0 Å². The number of nitrogens with zero attached hydrogens (tertiary/aromatic N) is 1. The third-order valence-electron chi connectivity index (χ3n) is 2.90. The van der Waals surface area contributed by atoms with Crippen LogP contribution in [-0.2, 0) is 12.8 Å². The molecule has 1 aliphatic rings. The molecule has 0 atom stereocenters. The lowest BCUT2D eigenvalue weighted by molar-refractivity contribution is 0.913. The summed E-state index contributed by atoms with van der Waals surface area (Å²) >= 11 is 0.